The van der Waals surface area contributed by atoms with Crippen molar-refractivity contribution in [2.75, 3.05) is 41.0 Å². The molecule has 8 heteroatoms. The molecule has 1 N–H and O–H groups in total. The molecule has 0 amide bonds. The van der Waals surface area contributed by atoms with Crippen LogP contribution in [0.3, 0.4) is 0 Å². The Bertz CT molecular complexity index is 932. The molecule has 0 saturated carbocycles. The largest absolute Gasteiger partial charge is 0.477 e. The zero-order valence-electron chi connectivity index (χ0n) is 31.2. The van der Waals surface area contributed by atoms with Crippen molar-refractivity contribution in [3.8, 4) is 0 Å². The van der Waals surface area contributed by atoms with E-state index in [0.29, 0.717) is 19.3 Å². The fourth-order valence-electron chi connectivity index (χ4n) is 5.02. The predicted molar refractivity (Wildman–Crippen MR) is 197 cm³/mol. The van der Waals surface area contributed by atoms with Gasteiger partial charge in [0.2, 0.25) is 0 Å². The summed E-state index contributed by atoms with van der Waals surface area (Å²) in [5.74, 6) is -1.55. The number of allylic oxidation sites excluding steroid dienone is 8. The summed E-state index contributed by atoms with van der Waals surface area (Å²) < 4.78 is 17.1. The highest BCUT2D eigenvalue weighted by Gasteiger charge is 2.31. The van der Waals surface area contributed by atoms with Gasteiger partial charge in [-0.05, 0) is 51.4 Å². The van der Waals surface area contributed by atoms with E-state index in [2.05, 4.69) is 62.5 Å². The Hall–Kier alpha value is -2.71. The van der Waals surface area contributed by atoms with Gasteiger partial charge in [0.05, 0.1) is 34.4 Å². The Balaban J connectivity index is 4.50. The molecule has 276 valence electrons. The normalized spacial score (nSPS) is 13.6. The molecule has 8 nitrogen and oxygen atoms in total. The first-order valence-electron chi connectivity index (χ1n) is 18.7. The summed E-state index contributed by atoms with van der Waals surface area (Å²) in [6.07, 6.45) is 34.6. The molecular weight excluding hydrogens is 606 g/mol. The van der Waals surface area contributed by atoms with Crippen molar-refractivity contribution < 1.29 is 38.2 Å². The van der Waals surface area contributed by atoms with E-state index in [1.807, 2.05) is 21.1 Å². The maximum Gasteiger partial charge on any atom is 0.362 e. The van der Waals surface area contributed by atoms with Crippen molar-refractivity contribution in [3.05, 3.63) is 48.6 Å². The van der Waals surface area contributed by atoms with Gasteiger partial charge in [-0.3, -0.25) is 9.59 Å². The Morgan fingerprint density at radius 3 is 1.69 bits per heavy atom. The molecule has 2 atom stereocenters. The smallest absolute Gasteiger partial charge is 0.362 e. The number of carboxylic acid groups (broad SMARTS) is 1. The molecule has 0 aliphatic rings. The molecule has 48 heavy (non-hydrogen) atoms. The summed E-state index contributed by atoms with van der Waals surface area (Å²) >= 11 is 0. The number of quaternary nitrogens is 1. The van der Waals surface area contributed by atoms with Crippen LogP contribution in [0.2, 0.25) is 0 Å². The highest BCUT2D eigenvalue weighted by atomic mass is 16.6. The molecule has 0 bridgehead atoms. The Morgan fingerprint density at radius 1 is 0.625 bits per heavy atom. The number of aliphatic carboxylic acids is 1. The fraction of sp³-hybridized carbons (Fsp3) is 0.725. The van der Waals surface area contributed by atoms with Crippen LogP contribution in [-0.4, -0.2) is 80.6 Å². The summed E-state index contributed by atoms with van der Waals surface area (Å²) in [4.78, 5) is 36.6. The molecular formula is C40H70NO7+. The average Bonchev–Trinajstić information content (AvgIpc) is 3.03. The van der Waals surface area contributed by atoms with E-state index in [-0.39, 0.29) is 42.7 Å². The molecule has 0 radical (unpaired) electrons. The molecule has 2 unspecified atom stereocenters. The van der Waals surface area contributed by atoms with Gasteiger partial charge in [0.1, 0.15) is 6.61 Å². The molecule has 0 aliphatic heterocycles. The third-order valence-electron chi connectivity index (χ3n) is 7.98. The number of esters is 2. The zero-order valence-corrected chi connectivity index (χ0v) is 31.2. The van der Waals surface area contributed by atoms with Gasteiger partial charge in [0, 0.05) is 19.3 Å². The van der Waals surface area contributed by atoms with Gasteiger partial charge in [-0.25, -0.2) is 4.79 Å². The fourth-order valence-corrected chi connectivity index (χ4v) is 5.02. The number of nitrogens with zero attached hydrogens (tertiary/aromatic N) is 1. The van der Waals surface area contributed by atoms with Crippen LogP contribution >= 0.6 is 0 Å². The lowest BCUT2D eigenvalue weighted by Crippen LogP contribution is -2.50. The van der Waals surface area contributed by atoms with Gasteiger partial charge in [-0.2, -0.15) is 0 Å². The van der Waals surface area contributed by atoms with Crippen molar-refractivity contribution in [3.63, 3.8) is 0 Å². The molecule has 0 aromatic rings. The molecule has 0 aromatic heterocycles. The topological polar surface area (TPSA) is 99.1 Å². The van der Waals surface area contributed by atoms with Crippen LogP contribution in [-0.2, 0) is 28.6 Å². The van der Waals surface area contributed by atoms with E-state index >= 15 is 0 Å². The average molecular weight is 677 g/mol. The van der Waals surface area contributed by atoms with Crippen LogP contribution in [0.5, 0.6) is 0 Å². The lowest BCUT2D eigenvalue weighted by molar-refractivity contribution is -0.887. The van der Waals surface area contributed by atoms with Gasteiger partial charge in [-0.1, -0.05) is 114 Å². The number of carboxylic acids is 1. The predicted octanol–water partition coefficient (Wildman–Crippen LogP) is 9.29. The Labute approximate surface area is 293 Å². The lowest BCUT2D eigenvalue weighted by atomic mass is 10.1. The van der Waals surface area contributed by atoms with E-state index in [9.17, 15) is 19.5 Å². The third kappa shape index (κ3) is 29.4. The van der Waals surface area contributed by atoms with E-state index in [1.54, 1.807) is 0 Å². The monoisotopic (exact) mass is 677 g/mol. The van der Waals surface area contributed by atoms with Crippen molar-refractivity contribution in [1.29, 1.82) is 0 Å². The van der Waals surface area contributed by atoms with E-state index in [1.165, 1.54) is 51.4 Å². The van der Waals surface area contributed by atoms with E-state index < -0.39 is 18.1 Å². The quantitative estimate of drug-likeness (QED) is 0.0328. The van der Waals surface area contributed by atoms with Crippen LogP contribution < -0.4 is 0 Å². The second-order valence-corrected chi connectivity index (χ2v) is 13.5. The third-order valence-corrected chi connectivity index (χ3v) is 7.98. The minimum Gasteiger partial charge on any atom is -0.477 e. The zero-order chi connectivity index (χ0) is 35.7. The summed E-state index contributed by atoms with van der Waals surface area (Å²) in [6.45, 7) is 4.58. The van der Waals surface area contributed by atoms with Crippen LogP contribution in [0.15, 0.2) is 48.6 Å². The highest BCUT2D eigenvalue weighted by Crippen LogP contribution is 2.11. The van der Waals surface area contributed by atoms with E-state index in [4.69, 9.17) is 14.2 Å². The standard InChI is InChI=1S/C40H69NO7/c1-6-8-10-12-14-15-16-17-18-19-20-21-22-23-25-27-29-31-39(43)48-36(34-46-33-32-37(40(44)45)41(3,4)5)35-47-38(42)30-28-26-24-13-11-9-7-2/h14-15,17-18,20-21,23,25,36-37H,6-13,16,19,22,24,26-35H2,1-5H3/p+1/b15-14+,18-17+,21-20+,25-23+. The first kappa shape index (κ1) is 45.3. The van der Waals surface area contributed by atoms with E-state index in [0.717, 1.165) is 44.9 Å². The van der Waals surface area contributed by atoms with Crippen LogP contribution in [0.1, 0.15) is 136 Å². The summed E-state index contributed by atoms with van der Waals surface area (Å²) in [7, 11) is 5.49. The van der Waals surface area contributed by atoms with Gasteiger partial charge < -0.3 is 23.8 Å². The number of carbonyl (C=O) groups is 3. The maximum atomic E-state index is 12.6. The minimum absolute atomic E-state index is 0.0388. The van der Waals surface area contributed by atoms with Gasteiger partial charge in [0.25, 0.3) is 0 Å². The molecule has 0 aromatic carbocycles. The molecule has 0 heterocycles. The number of likely N-dealkylation sites (N-methyl/N-ethyl adjacent to an activating group) is 1. The summed E-state index contributed by atoms with van der Waals surface area (Å²) in [5, 5.41) is 9.56. The van der Waals surface area contributed by atoms with Gasteiger partial charge >= 0.3 is 17.9 Å². The molecule has 0 saturated heterocycles. The number of carbonyl (C=O) groups excluding carboxylic acids is 2. The number of hydrogen-bond donors (Lipinski definition) is 1. The maximum absolute atomic E-state index is 12.6. The minimum atomic E-state index is -0.887. The molecule has 0 aliphatic carbocycles. The first-order chi connectivity index (χ1) is 23.1. The second kappa shape index (κ2) is 31.6. The molecule has 0 fully saturated rings. The Morgan fingerprint density at radius 2 is 1.12 bits per heavy atom. The highest BCUT2D eigenvalue weighted by molar-refractivity contribution is 5.72. The molecule has 0 rings (SSSR count). The molecule has 0 spiro atoms. The Kier molecular flexibility index (Phi) is 29.8. The first-order valence-corrected chi connectivity index (χ1v) is 18.7. The number of hydrogen-bond acceptors (Lipinski definition) is 6. The summed E-state index contributed by atoms with van der Waals surface area (Å²) in [5.41, 5.74) is 0. The van der Waals surface area contributed by atoms with Crippen molar-refractivity contribution in [2.24, 2.45) is 0 Å². The number of rotatable bonds is 32. The summed E-state index contributed by atoms with van der Waals surface area (Å²) in [6, 6.07) is -0.622. The van der Waals surface area contributed by atoms with Crippen molar-refractivity contribution in [2.45, 2.75) is 148 Å². The van der Waals surface area contributed by atoms with Gasteiger partial charge in [0.15, 0.2) is 12.1 Å². The number of unbranched alkanes of at least 4 members (excludes halogenated alkanes) is 10. The SMILES string of the molecule is CCCCC/C=C/C/C=C/C/C=C/C/C=C/CCCC(=O)OC(COCCC(C(=O)O)[N+](C)(C)C)COC(=O)CCCCCCCCC. The second-order valence-electron chi connectivity index (χ2n) is 13.5. The van der Waals surface area contributed by atoms with Gasteiger partial charge in [-0.15, -0.1) is 0 Å². The number of ether oxygens (including phenoxy) is 3. The van der Waals surface area contributed by atoms with Crippen LogP contribution in [0.4, 0.5) is 0 Å². The van der Waals surface area contributed by atoms with Crippen molar-refractivity contribution in [1.82, 2.24) is 0 Å². The lowest BCUT2D eigenvalue weighted by Gasteiger charge is -2.31. The van der Waals surface area contributed by atoms with Crippen LogP contribution in [0, 0.1) is 0 Å². The van der Waals surface area contributed by atoms with Crippen LogP contribution in [0.25, 0.3) is 0 Å². The van der Waals surface area contributed by atoms with Crippen molar-refractivity contribution >= 4 is 17.9 Å².